The average Bonchev–Trinajstić information content (AvgIpc) is 3.22. The van der Waals surface area contributed by atoms with E-state index in [0.717, 1.165) is 22.4 Å². The van der Waals surface area contributed by atoms with Gasteiger partial charge in [-0.1, -0.05) is 6.07 Å². The van der Waals surface area contributed by atoms with Crippen molar-refractivity contribution in [2.24, 2.45) is 0 Å². The second-order valence-electron chi connectivity index (χ2n) is 5.15. The summed E-state index contributed by atoms with van der Waals surface area (Å²) in [5.74, 6) is -0.136. The van der Waals surface area contributed by atoms with Crippen LogP contribution in [0.4, 0.5) is 4.39 Å². The quantitative estimate of drug-likeness (QED) is 0.906. The van der Waals surface area contributed by atoms with Crippen LogP contribution in [-0.4, -0.2) is 11.0 Å². The number of hydrogen-bond donors (Lipinski definition) is 1. The number of aryl methyl sites for hydroxylation is 1. The highest BCUT2D eigenvalue weighted by Crippen LogP contribution is 2.24. The topological polar surface area (TPSA) is 24.9 Å². The molecule has 3 heteroatoms. The highest BCUT2D eigenvalue weighted by Gasteiger charge is 2.20. The standard InChI is InChI=1S/C16H17FN2/c1-11-8-13(6-7-18-11)12-2-5-16(17)14(9-12)10-19-15-3-4-15/h2,5-9,15,19H,3-4,10H2,1H3. The Morgan fingerprint density at radius 2 is 2.00 bits per heavy atom. The summed E-state index contributed by atoms with van der Waals surface area (Å²) in [6.07, 6.45) is 4.21. The molecule has 0 bridgehead atoms. The maximum atomic E-state index is 13.8. The van der Waals surface area contributed by atoms with E-state index in [2.05, 4.69) is 10.3 Å². The Hall–Kier alpha value is -1.74. The van der Waals surface area contributed by atoms with E-state index in [9.17, 15) is 4.39 Å². The molecule has 0 aliphatic heterocycles. The van der Waals surface area contributed by atoms with E-state index in [-0.39, 0.29) is 5.82 Å². The molecule has 98 valence electrons. The molecule has 19 heavy (non-hydrogen) atoms. The van der Waals surface area contributed by atoms with Crippen LogP contribution < -0.4 is 5.32 Å². The lowest BCUT2D eigenvalue weighted by Crippen LogP contribution is -2.16. The van der Waals surface area contributed by atoms with Crippen molar-refractivity contribution in [1.29, 1.82) is 0 Å². The molecule has 1 aliphatic rings. The molecule has 0 saturated heterocycles. The zero-order chi connectivity index (χ0) is 13.2. The highest BCUT2D eigenvalue weighted by atomic mass is 19.1. The SMILES string of the molecule is Cc1cc(-c2ccc(F)c(CNC3CC3)c2)ccn1. The summed E-state index contributed by atoms with van der Waals surface area (Å²) in [7, 11) is 0. The van der Waals surface area contributed by atoms with Crippen molar-refractivity contribution in [2.45, 2.75) is 32.4 Å². The molecule has 3 rings (SSSR count). The molecule has 1 aromatic carbocycles. The molecule has 2 nitrogen and oxygen atoms in total. The third kappa shape index (κ3) is 2.99. The zero-order valence-corrected chi connectivity index (χ0v) is 11.0. The second kappa shape index (κ2) is 5.10. The Balaban J connectivity index is 1.87. The van der Waals surface area contributed by atoms with Crippen molar-refractivity contribution in [2.75, 3.05) is 0 Å². The number of halogens is 1. The van der Waals surface area contributed by atoms with Crippen LogP contribution in [-0.2, 0) is 6.54 Å². The van der Waals surface area contributed by atoms with Crippen LogP contribution >= 0.6 is 0 Å². The maximum absolute atomic E-state index is 13.8. The monoisotopic (exact) mass is 256 g/mol. The predicted octanol–water partition coefficient (Wildman–Crippen LogP) is 3.45. The van der Waals surface area contributed by atoms with Gasteiger partial charge in [0.05, 0.1) is 0 Å². The molecule has 0 radical (unpaired) electrons. The molecule has 0 atom stereocenters. The molecule has 1 N–H and O–H groups in total. The van der Waals surface area contributed by atoms with E-state index in [1.807, 2.05) is 31.2 Å². The molecular formula is C16H17FN2. The van der Waals surface area contributed by atoms with Crippen molar-refractivity contribution in [3.63, 3.8) is 0 Å². The van der Waals surface area contributed by atoms with E-state index in [1.54, 1.807) is 12.3 Å². The molecule has 1 fully saturated rings. The first-order valence-electron chi connectivity index (χ1n) is 6.67. The van der Waals surface area contributed by atoms with Crippen LogP contribution in [0.3, 0.4) is 0 Å². The van der Waals surface area contributed by atoms with Crippen LogP contribution in [0.1, 0.15) is 24.1 Å². The van der Waals surface area contributed by atoms with Gasteiger partial charge in [0, 0.05) is 30.0 Å². The van der Waals surface area contributed by atoms with Crippen molar-refractivity contribution < 1.29 is 4.39 Å². The van der Waals surface area contributed by atoms with Gasteiger partial charge in [0.1, 0.15) is 5.82 Å². The number of nitrogens with one attached hydrogen (secondary N) is 1. The second-order valence-corrected chi connectivity index (χ2v) is 5.15. The van der Waals surface area contributed by atoms with Gasteiger partial charge in [-0.2, -0.15) is 0 Å². The Morgan fingerprint density at radius 3 is 2.74 bits per heavy atom. The van der Waals surface area contributed by atoms with Gasteiger partial charge in [0.2, 0.25) is 0 Å². The first kappa shape index (κ1) is 12.3. The summed E-state index contributed by atoms with van der Waals surface area (Å²) in [6.45, 7) is 2.57. The minimum absolute atomic E-state index is 0.136. The van der Waals surface area contributed by atoms with E-state index in [0.29, 0.717) is 12.6 Å². The van der Waals surface area contributed by atoms with Gasteiger partial charge < -0.3 is 5.32 Å². The van der Waals surface area contributed by atoms with Crippen molar-refractivity contribution in [1.82, 2.24) is 10.3 Å². The molecule has 1 heterocycles. The molecule has 1 aliphatic carbocycles. The molecule has 0 spiro atoms. The smallest absolute Gasteiger partial charge is 0.127 e. The number of aromatic nitrogens is 1. The number of rotatable bonds is 4. The van der Waals surface area contributed by atoms with Crippen LogP contribution in [0.15, 0.2) is 36.5 Å². The summed E-state index contributed by atoms with van der Waals surface area (Å²) in [6, 6.07) is 9.87. The molecule has 0 amide bonds. The van der Waals surface area contributed by atoms with Gasteiger partial charge >= 0.3 is 0 Å². The van der Waals surface area contributed by atoms with E-state index >= 15 is 0 Å². The van der Waals surface area contributed by atoms with Gasteiger partial charge in [0.15, 0.2) is 0 Å². The number of nitrogens with zero attached hydrogens (tertiary/aromatic N) is 1. The first-order valence-corrected chi connectivity index (χ1v) is 6.67. The third-order valence-electron chi connectivity index (χ3n) is 3.43. The minimum atomic E-state index is -0.136. The fraction of sp³-hybridized carbons (Fsp3) is 0.312. The summed E-state index contributed by atoms with van der Waals surface area (Å²) >= 11 is 0. The Morgan fingerprint density at radius 1 is 1.21 bits per heavy atom. The van der Waals surface area contributed by atoms with Crippen molar-refractivity contribution in [3.05, 3.63) is 53.6 Å². The molecule has 2 aromatic rings. The Labute approximate surface area is 112 Å². The summed E-state index contributed by atoms with van der Waals surface area (Å²) < 4.78 is 13.8. The summed E-state index contributed by atoms with van der Waals surface area (Å²) in [4.78, 5) is 4.19. The van der Waals surface area contributed by atoms with E-state index in [1.165, 1.54) is 12.8 Å². The Kier molecular flexibility index (Phi) is 3.30. The van der Waals surface area contributed by atoms with Crippen molar-refractivity contribution >= 4 is 0 Å². The lowest BCUT2D eigenvalue weighted by atomic mass is 10.0. The van der Waals surface area contributed by atoms with Gasteiger partial charge in [-0.05, 0) is 55.2 Å². The van der Waals surface area contributed by atoms with Crippen molar-refractivity contribution in [3.8, 4) is 11.1 Å². The summed E-state index contributed by atoms with van der Waals surface area (Å²) in [5, 5.41) is 3.35. The Bertz CT molecular complexity index is 591. The molecule has 0 unspecified atom stereocenters. The molecular weight excluding hydrogens is 239 g/mol. The maximum Gasteiger partial charge on any atom is 0.127 e. The number of hydrogen-bond acceptors (Lipinski definition) is 2. The fourth-order valence-corrected chi connectivity index (χ4v) is 2.16. The summed E-state index contributed by atoms with van der Waals surface area (Å²) in [5.41, 5.74) is 3.83. The molecule has 1 aromatic heterocycles. The lowest BCUT2D eigenvalue weighted by molar-refractivity contribution is 0.587. The normalized spacial score (nSPS) is 14.6. The van der Waals surface area contributed by atoms with Gasteiger partial charge in [-0.25, -0.2) is 4.39 Å². The van der Waals surface area contributed by atoms with Crippen LogP contribution in [0.2, 0.25) is 0 Å². The van der Waals surface area contributed by atoms with Gasteiger partial charge in [0.25, 0.3) is 0 Å². The average molecular weight is 256 g/mol. The predicted molar refractivity (Wildman–Crippen MR) is 74.2 cm³/mol. The van der Waals surface area contributed by atoms with Gasteiger partial charge in [-0.3, -0.25) is 4.98 Å². The van der Waals surface area contributed by atoms with Crippen LogP contribution in [0.25, 0.3) is 11.1 Å². The van der Waals surface area contributed by atoms with Crippen LogP contribution in [0, 0.1) is 12.7 Å². The largest absolute Gasteiger partial charge is 0.310 e. The highest BCUT2D eigenvalue weighted by molar-refractivity contribution is 5.64. The third-order valence-corrected chi connectivity index (χ3v) is 3.43. The number of pyridine rings is 1. The lowest BCUT2D eigenvalue weighted by Gasteiger charge is -2.08. The minimum Gasteiger partial charge on any atom is -0.310 e. The fourth-order valence-electron chi connectivity index (χ4n) is 2.16. The van der Waals surface area contributed by atoms with Crippen LogP contribution in [0.5, 0.6) is 0 Å². The van der Waals surface area contributed by atoms with E-state index in [4.69, 9.17) is 0 Å². The zero-order valence-electron chi connectivity index (χ0n) is 11.0. The van der Waals surface area contributed by atoms with Gasteiger partial charge in [-0.15, -0.1) is 0 Å². The van der Waals surface area contributed by atoms with E-state index < -0.39 is 0 Å². The number of benzene rings is 1. The first-order chi connectivity index (χ1) is 9.22. The molecule has 1 saturated carbocycles.